The molecule has 1 amide bonds. The molecule has 0 spiro atoms. The maximum Gasteiger partial charge on any atom is 0.225 e. The predicted molar refractivity (Wildman–Crippen MR) is 122 cm³/mol. The Balaban J connectivity index is 0.00000280. The summed E-state index contributed by atoms with van der Waals surface area (Å²) in [7, 11) is 1.76. The van der Waals surface area contributed by atoms with Crippen LogP contribution in [0.15, 0.2) is 29.3 Å². The topological polar surface area (TPSA) is 56.7 Å². The van der Waals surface area contributed by atoms with Crippen molar-refractivity contribution in [3.63, 3.8) is 0 Å². The van der Waals surface area contributed by atoms with Crippen LogP contribution >= 0.6 is 24.0 Å². The van der Waals surface area contributed by atoms with Crippen molar-refractivity contribution in [2.75, 3.05) is 26.7 Å². The number of guanidine groups is 1. The van der Waals surface area contributed by atoms with Crippen molar-refractivity contribution in [3.8, 4) is 0 Å². The molecule has 3 rings (SSSR count). The van der Waals surface area contributed by atoms with Crippen LogP contribution in [0.5, 0.6) is 0 Å². The maximum absolute atomic E-state index is 14.2. The molecule has 7 heteroatoms. The number of likely N-dealkylation sites (tertiary alicyclic amines) is 1. The highest BCUT2D eigenvalue weighted by atomic mass is 127. The number of hydrogen-bond donors (Lipinski definition) is 2. The minimum absolute atomic E-state index is 0. The molecule has 1 heterocycles. The number of rotatable bonds is 5. The molecular weight excluding hydrogens is 470 g/mol. The number of benzene rings is 1. The SMILES string of the molecule is CN=C(NCC1(c2ccccc2F)CC1)NC1CCN(C(=O)C(C)C)CC1.I. The number of halogens is 2. The van der Waals surface area contributed by atoms with E-state index in [9.17, 15) is 9.18 Å². The molecule has 0 radical (unpaired) electrons. The second-order valence-corrected chi connectivity index (χ2v) is 8.08. The summed E-state index contributed by atoms with van der Waals surface area (Å²) in [4.78, 5) is 18.4. The van der Waals surface area contributed by atoms with Gasteiger partial charge < -0.3 is 15.5 Å². The average Bonchev–Trinajstić information content (AvgIpc) is 3.46. The largest absolute Gasteiger partial charge is 0.356 e. The summed E-state index contributed by atoms with van der Waals surface area (Å²) < 4.78 is 14.2. The van der Waals surface area contributed by atoms with E-state index in [4.69, 9.17) is 0 Å². The van der Waals surface area contributed by atoms with E-state index in [1.165, 1.54) is 6.07 Å². The number of hydrogen-bond acceptors (Lipinski definition) is 2. The number of nitrogens with one attached hydrogen (secondary N) is 2. The van der Waals surface area contributed by atoms with Gasteiger partial charge in [-0.2, -0.15) is 0 Å². The minimum Gasteiger partial charge on any atom is -0.356 e. The first-order valence-corrected chi connectivity index (χ1v) is 9.96. The maximum atomic E-state index is 14.2. The van der Waals surface area contributed by atoms with Crippen LogP contribution in [0.1, 0.15) is 45.1 Å². The molecule has 0 bridgehead atoms. The summed E-state index contributed by atoms with van der Waals surface area (Å²) >= 11 is 0. The van der Waals surface area contributed by atoms with Crippen molar-refractivity contribution in [2.24, 2.45) is 10.9 Å². The monoisotopic (exact) mass is 502 g/mol. The molecule has 1 aliphatic heterocycles. The number of piperidine rings is 1. The van der Waals surface area contributed by atoms with Gasteiger partial charge in [0.1, 0.15) is 5.82 Å². The van der Waals surface area contributed by atoms with Crippen LogP contribution < -0.4 is 10.6 Å². The van der Waals surface area contributed by atoms with Gasteiger partial charge in [-0.3, -0.25) is 9.79 Å². The Morgan fingerprint density at radius 2 is 1.93 bits per heavy atom. The molecule has 0 atom stereocenters. The number of amides is 1. The zero-order chi connectivity index (χ0) is 19.4. The van der Waals surface area contributed by atoms with E-state index >= 15 is 0 Å². The van der Waals surface area contributed by atoms with Crippen LogP contribution in [0.4, 0.5) is 4.39 Å². The van der Waals surface area contributed by atoms with Gasteiger partial charge in [0.05, 0.1) is 0 Å². The Morgan fingerprint density at radius 3 is 2.46 bits per heavy atom. The number of carbonyl (C=O) groups is 1. The normalized spacial score (nSPS) is 19.2. The third-order valence-corrected chi connectivity index (χ3v) is 5.76. The summed E-state index contributed by atoms with van der Waals surface area (Å²) in [6.45, 7) is 6.14. The molecule has 1 saturated carbocycles. The third-order valence-electron chi connectivity index (χ3n) is 5.76. The lowest BCUT2D eigenvalue weighted by atomic mass is 9.95. The van der Waals surface area contributed by atoms with Crippen molar-refractivity contribution in [2.45, 2.75) is 51.0 Å². The molecule has 0 aromatic heterocycles. The van der Waals surface area contributed by atoms with Gasteiger partial charge in [-0.1, -0.05) is 32.0 Å². The molecule has 2 N–H and O–H groups in total. The zero-order valence-corrected chi connectivity index (χ0v) is 19.3. The van der Waals surface area contributed by atoms with Crippen molar-refractivity contribution < 1.29 is 9.18 Å². The lowest BCUT2D eigenvalue weighted by Gasteiger charge is -2.34. The highest BCUT2D eigenvalue weighted by Crippen LogP contribution is 2.48. The number of aliphatic imine (C=N–C) groups is 1. The van der Waals surface area contributed by atoms with Gasteiger partial charge in [-0.05, 0) is 37.3 Å². The zero-order valence-electron chi connectivity index (χ0n) is 17.0. The van der Waals surface area contributed by atoms with Crippen molar-refractivity contribution in [3.05, 3.63) is 35.6 Å². The molecule has 28 heavy (non-hydrogen) atoms. The van der Waals surface area contributed by atoms with E-state index in [2.05, 4.69) is 15.6 Å². The van der Waals surface area contributed by atoms with Crippen LogP contribution in [0, 0.1) is 11.7 Å². The first-order valence-electron chi connectivity index (χ1n) is 9.96. The predicted octanol–water partition coefficient (Wildman–Crippen LogP) is 3.29. The van der Waals surface area contributed by atoms with Crippen molar-refractivity contribution >= 4 is 35.8 Å². The van der Waals surface area contributed by atoms with E-state index in [-0.39, 0.29) is 47.0 Å². The van der Waals surface area contributed by atoms with Crippen LogP contribution in [0.3, 0.4) is 0 Å². The van der Waals surface area contributed by atoms with Crippen LogP contribution in [0.2, 0.25) is 0 Å². The second-order valence-electron chi connectivity index (χ2n) is 8.08. The molecular formula is C21H32FIN4O. The van der Waals surface area contributed by atoms with Crippen LogP contribution in [-0.4, -0.2) is 49.5 Å². The van der Waals surface area contributed by atoms with Gasteiger partial charge in [0.15, 0.2) is 5.96 Å². The van der Waals surface area contributed by atoms with Gasteiger partial charge in [-0.15, -0.1) is 24.0 Å². The second kappa shape index (κ2) is 9.89. The highest BCUT2D eigenvalue weighted by molar-refractivity contribution is 14.0. The Labute approximate surface area is 184 Å². The fourth-order valence-electron chi connectivity index (χ4n) is 3.83. The van der Waals surface area contributed by atoms with E-state index < -0.39 is 0 Å². The lowest BCUT2D eigenvalue weighted by molar-refractivity contribution is -0.135. The molecule has 5 nitrogen and oxygen atoms in total. The Morgan fingerprint density at radius 1 is 1.29 bits per heavy atom. The quantitative estimate of drug-likeness (QED) is 0.369. The molecule has 1 aromatic carbocycles. The summed E-state index contributed by atoms with van der Waals surface area (Å²) in [6, 6.07) is 7.36. The van der Waals surface area contributed by atoms with E-state index in [1.807, 2.05) is 30.9 Å². The van der Waals surface area contributed by atoms with E-state index in [1.54, 1.807) is 13.1 Å². The Hall–Kier alpha value is -1.38. The standard InChI is InChI=1S/C21H31FN4O.HI/c1-15(2)19(27)26-12-8-16(9-13-26)25-20(23-3)24-14-21(10-11-21)17-6-4-5-7-18(17)22;/h4-7,15-16H,8-14H2,1-3H3,(H2,23,24,25);1H. The number of carbonyl (C=O) groups excluding carboxylic acids is 1. The van der Waals surface area contributed by atoms with Gasteiger partial charge in [-0.25, -0.2) is 4.39 Å². The first kappa shape index (κ1) is 22.9. The van der Waals surface area contributed by atoms with E-state index in [0.717, 1.165) is 50.3 Å². The van der Waals surface area contributed by atoms with Gasteiger partial charge in [0.2, 0.25) is 5.91 Å². The molecule has 2 aliphatic rings. The Kier molecular flexibility index (Phi) is 8.09. The third kappa shape index (κ3) is 5.36. The highest BCUT2D eigenvalue weighted by Gasteiger charge is 2.45. The molecule has 156 valence electrons. The molecule has 2 fully saturated rings. The van der Waals surface area contributed by atoms with Gasteiger partial charge >= 0.3 is 0 Å². The fraction of sp³-hybridized carbons (Fsp3) is 0.619. The minimum atomic E-state index is -0.123. The molecule has 1 aliphatic carbocycles. The first-order chi connectivity index (χ1) is 12.9. The van der Waals surface area contributed by atoms with Gasteiger partial charge in [0, 0.05) is 44.1 Å². The average molecular weight is 502 g/mol. The van der Waals surface area contributed by atoms with Crippen LogP contribution in [0.25, 0.3) is 0 Å². The lowest BCUT2D eigenvalue weighted by Crippen LogP contribution is -2.51. The summed E-state index contributed by atoms with van der Waals surface area (Å²) in [6.07, 6.45) is 3.82. The summed E-state index contributed by atoms with van der Waals surface area (Å²) in [5.41, 5.74) is 0.684. The van der Waals surface area contributed by atoms with Crippen molar-refractivity contribution in [1.29, 1.82) is 0 Å². The van der Waals surface area contributed by atoms with Crippen LogP contribution in [-0.2, 0) is 10.2 Å². The molecule has 0 unspecified atom stereocenters. The fourth-order valence-corrected chi connectivity index (χ4v) is 3.83. The molecule has 1 saturated heterocycles. The van der Waals surface area contributed by atoms with Gasteiger partial charge in [0.25, 0.3) is 0 Å². The number of nitrogens with zero attached hydrogens (tertiary/aromatic N) is 2. The summed E-state index contributed by atoms with van der Waals surface area (Å²) in [5.74, 6) is 0.918. The molecule has 1 aromatic rings. The van der Waals surface area contributed by atoms with E-state index in [0.29, 0.717) is 12.6 Å². The Bertz CT molecular complexity index is 697. The summed E-state index contributed by atoms with van der Waals surface area (Å²) in [5, 5.41) is 6.86. The van der Waals surface area contributed by atoms with Crippen molar-refractivity contribution in [1.82, 2.24) is 15.5 Å². The smallest absolute Gasteiger partial charge is 0.225 e.